The van der Waals surface area contributed by atoms with Crippen LogP contribution in [0.4, 0.5) is 0 Å². The van der Waals surface area contributed by atoms with Gasteiger partial charge in [-0.3, -0.25) is 9.89 Å². The molecule has 1 aliphatic rings. The number of benzene rings is 2. The molecule has 0 radical (unpaired) electrons. The Morgan fingerprint density at radius 3 is 2.61 bits per heavy atom. The van der Waals surface area contributed by atoms with Gasteiger partial charge in [0, 0.05) is 18.2 Å². The first kappa shape index (κ1) is 21.1. The van der Waals surface area contributed by atoms with Gasteiger partial charge in [0.25, 0.3) is 5.91 Å². The van der Waals surface area contributed by atoms with E-state index in [1.807, 2.05) is 37.3 Å². The molecule has 1 aliphatic heterocycles. The minimum atomic E-state index is -3.16. The number of para-hydroxylation sites is 1. The molecule has 31 heavy (non-hydrogen) atoms. The second-order valence-corrected chi connectivity index (χ2v) is 10.3. The maximum atomic E-state index is 13.4. The van der Waals surface area contributed by atoms with Crippen LogP contribution in [-0.4, -0.2) is 52.1 Å². The molecule has 2 N–H and O–H groups in total. The van der Waals surface area contributed by atoms with Crippen LogP contribution in [0.5, 0.6) is 5.75 Å². The monoisotopic (exact) mass is 439 g/mol. The second kappa shape index (κ2) is 8.19. The molecule has 3 aromatic rings. The third-order valence-electron chi connectivity index (χ3n) is 5.71. The van der Waals surface area contributed by atoms with Gasteiger partial charge in [-0.1, -0.05) is 42.0 Å². The van der Waals surface area contributed by atoms with Crippen molar-refractivity contribution in [1.29, 1.82) is 0 Å². The Balaban J connectivity index is 1.65. The number of aromatic amines is 1. The van der Waals surface area contributed by atoms with Crippen molar-refractivity contribution in [3.8, 4) is 17.0 Å². The van der Waals surface area contributed by atoms with Crippen LogP contribution in [0.25, 0.3) is 11.3 Å². The zero-order valence-corrected chi connectivity index (χ0v) is 18.3. The highest BCUT2D eigenvalue weighted by Gasteiger charge is 2.35. The van der Waals surface area contributed by atoms with E-state index >= 15 is 0 Å². The first-order valence-electron chi connectivity index (χ1n) is 10.1. The Morgan fingerprint density at radius 2 is 1.94 bits per heavy atom. The van der Waals surface area contributed by atoms with Crippen LogP contribution in [0.15, 0.2) is 48.5 Å². The first-order chi connectivity index (χ1) is 14.7. The van der Waals surface area contributed by atoms with E-state index in [1.54, 1.807) is 30.0 Å². The summed E-state index contributed by atoms with van der Waals surface area (Å²) in [6, 6.07) is 14.4. The number of carbonyl (C=O) groups is 1. The molecule has 2 aromatic carbocycles. The SMILES string of the molecule is Cc1ccc(CN(C(=O)c2cc(-c3cccc(C)c3O)n[nH]2)C2CCS(=O)(=O)C2)cc1. The number of nitrogens with zero attached hydrogens (tertiary/aromatic N) is 2. The molecule has 1 aromatic heterocycles. The summed E-state index contributed by atoms with van der Waals surface area (Å²) in [7, 11) is -3.16. The smallest absolute Gasteiger partial charge is 0.272 e. The number of sulfone groups is 1. The summed E-state index contributed by atoms with van der Waals surface area (Å²) in [5.74, 6) is -0.148. The Bertz CT molecular complexity index is 1220. The number of carbonyl (C=O) groups excluding carboxylic acids is 1. The van der Waals surface area contributed by atoms with Gasteiger partial charge in [0.15, 0.2) is 9.84 Å². The number of phenolic OH excluding ortho intramolecular Hbond substituents is 1. The number of aryl methyl sites for hydroxylation is 2. The molecule has 0 bridgehead atoms. The lowest BCUT2D eigenvalue weighted by atomic mass is 10.1. The average Bonchev–Trinajstić information content (AvgIpc) is 3.36. The molecule has 1 atom stereocenters. The van der Waals surface area contributed by atoms with Gasteiger partial charge in [-0.25, -0.2) is 8.42 Å². The quantitative estimate of drug-likeness (QED) is 0.635. The molecule has 4 rings (SSSR count). The lowest BCUT2D eigenvalue weighted by Gasteiger charge is -2.28. The third kappa shape index (κ3) is 4.49. The third-order valence-corrected chi connectivity index (χ3v) is 7.46. The Kier molecular flexibility index (Phi) is 5.58. The number of rotatable bonds is 5. The van der Waals surface area contributed by atoms with E-state index in [0.717, 1.165) is 11.1 Å². The predicted molar refractivity (Wildman–Crippen MR) is 119 cm³/mol. The van der Waals surface area contributed by atoms with Gasteiger partial charge in [0.05, 0.1) is 17.2 Å². The number of aromatic hydroxyl groups is 1. The maximum absolute atomic E-state index is 13.4. The number of phenols is 1. The summed E-state index contributed by atoms with van der Waals surface area (Å²) in [4.78, 5) is 15.0. The summed E-state index contributed by atoms with van der Waals surface area (Å²) in [6.07, 6.45) is 0.416. The van der Waals surface area contributed by atoms with Crippen LogP contribution in [0.2, 0.25) is 0 Å². The highest BCUT2D eigenvalue weighted by Crippen LogP contribution is 2.31. The van der Waals surface area contributed by atoms with Crippen molar-refractivity contribution in [2.45, 2.75) is 32.9 Å². The summed E-state index contributed by atoms with van der Waals surface area (Å²) in [5, 5.41) is 17.3. The highest BCUT2D eigenvalue weighted by atomic mass is 32.2. The van der Waals surface area contributed by atoms with Crippen LogP contribution in [0.3, 0.4) is 0 Å². The molecular weight excluding hydrogens is 414 g/mol. The number of H-pyrrole nitrogens is 1. The fourth-order valence-electron chi connectivity index (χ4n) is 3.87. The molecule has 1 saturated heterocycles. The van der Waals surface area contributed by atoms with Crippen LogP contribution >= 0.6 is 0 Å². The van der Waals surface area contributed by atoms with Gasteiger partial charge in [0.1, 0.15) is 11.4 Å². The van der Waals surface area contributed by atoms with Crippen LogP contribution in [-0.2, 0) is 16.4 Å². The topological polar surface area (TPSA) is 103 Å². The largest absolute Gasteiger partial charge is 0.507 e. The zero-order chi connectivity index (χ0) is 22.2. The molecular formula is C23H25N3O4S. The van der Waals surface area contributed by atoms with Crippen molar-refractivity contribution in [3.05, 3.63) is 70.9 Å². The molecule has 1 amide bonds. The van der Waals surface area contributed by atoms with E-state index in [2.05, 4.69) is 10.2 Å². The fourth-order valence-corrected chi connectivity index (χ4v) is 5.60. The van der Waals surface area contributed by atoms with Crippen LogP contribution in [0.1, 0.15) is 33.6 Å². The maximum Gasteiger partial charge on any atom is 0.272 e. The van der Waals surface area contributed by atoms with E-state index in [0.29, 0.717) is 29.8 Å². The van der Waals surface area contributed by atoms with Gasteiger partial charge >= 0.3 is 0 Å². The predicted octanol–water partition coefficient (Wildman–Crippen LogP) is 3.23. The summed E-state index contributed by atoms with van der Waals surface area (Å²) in [5.41, 5.74) is 4.00. The van der Waals surface area contributed by atoms with E-state index in [4.69, 9.17) is 0 Å². The van der Waals surface area contributed by atoms with Crippen molar-refractivity contribution in [1.82, 2.24) is 15.1 Å². The first-order valence-corrected chi connectivity index (χ1v) is 12.0. The standard InChI is InChI=1S/C23H25N3O4S/c1-15-6-8-17(9-7-15)13-26(18-10-11-31(29,30)14-18)23(28)21-12-20(24-25-21)19-5-3-4-16(2)22(19)27/h3-9,12,18,27H,10-11,13-14H2,1-2H3,(H,24,25). The number of aromatic nitrogens is 2. The van der Waals surface area contributed by atoms with Crippen LogP contribution < -0.4 is 0 Å². The molecule has 8 heteroatoms. The van der Waals surface area contributed by atoms with E-state index in [9.17, 15) is 18.3 Å². The second-order valence-electron chi connectivity index (χ2n) is 8.11. The van der Waals surface area contributed by atoms with Gasteiger partial charge in [0.2, 0.25) is 0 Å². The van der Waals surface area contributed by atoms with Crippen molar-refractivity contribution < 1.29 is 18.3 Å². The van der Waals surface area contributed by atoms with Gasteiger partial charge in [-0.05, 0) is 43.5 Å². The Morgan fingerprint density at radius 1 is 1.19 bits per heavy atom. The fraction of sp³-hybridized carbons (Fsp3) is 0.304. The molecule has 1 fully saturated rings. The molecule has 0 aliphatic carbocycles. The lowest BCUT2D eigenvalue weighted by molar-refractivity contribution is 0.0675. The van der Waals surface area contributed by atoms with Gasteiger partial charge in [-0.2, -0.15) is 5.10 Å². The number of hydrogen-bond acceptors (Lipinski definition) is 5. The van der Waals surface area contributed by atoms with E-state index < -0.39 is 15.9 Å². The summed E-state index contributed by atoms with van der Waals surface area (Å²) in [6.45, 7) is 4.09. The molecule has 162 valence electrons. The van der Waals surface area contributed by atoms with E-state index in [1.165, 1.54) is 0 Å². The summed E-state index contributed by atoms with van der Waals surface area (Å²) < 4.78 is 24.1. The van der Waals surface area contributed by atoms with Crippen LogP contribution in [0, 0.1) is 13.8 Å². The van der Waals surface area contributed by atoms with Crippen molar-refractivity contribution in [2.75, 3.05) is 11.5 Å². The summed E-state index contributed by atoms with van der Waals surface area (Å²) >= 11 is 0. The number of hydrogen-bond donors (Lipinski definition) is 2. The minimum absolute atomic E-state index is 0.0374. The van der Waals surface area contributed by atoms with Crippen molar-refractivity contribution in [3.63, 3.8) is 0 Å². The minimum Gasteiger partial charge on any atom is -0.507 e. The van der Waals surface area contributed by atoms with Gasteiger partial charge < -0.3 is 10.0 Å². The van der Waals surface area contributed by atoms with Gasteiger partial charge in [-0.15, -0.1) is 0 Å². The highest BCUT2D eigenvalue weighted by molar-refractivity contribution is 7.91. The normalized spacial score (nSPS) is 17.5. The average molecular weight is 440 g/mol. The Labute approximate surface area is 181 Å². The number of nitrogens with one attached hydrogen (secondary N) is 1. The number of amides is 1. The Hall–Kier alpha value is -3.13. The zero-order valence-electron chi connectivity index (χ0n) is 17.5. The molecule has 7 nitrogen and oxygen atoms in total. The van der Waals surface area contributed by atoms with Crippen molar-refractivity contribution >= 4 is 15.7 Å². The molecule has 0 spiro atoms. The van der Waals surface area contributed by atoms with Crippen molar-refractivity contribution in [2.24, 2.45) is 0 Å². The van der Waals surface area contributed by atoms with E-state index in [-0.39, 0.29) is 28.9 Å². The molecule has 0 saturated carbocycles. The lowest BCUT2D eigenvalue weighted by Crippen LogP contribution is -2.40. The molecule has 1 unspecified atom stereocenters. The molecule has 2 heterocycles.